The molecule has 1 heterocycles. The smallest absolute Gasteiger partial charge is 0.361 e. The lowest BCUT2D eigenvalue weighted by Gasteiger charge is -2.05. The summed E-state index contributed by atoms with van der Waals surface area (Å²) in [5.41, 5.74) is 1.93. The minimum atomic E-state index is -4.12. The topological polar surface area (TPSA) is 24.9 Å². The Labute approximate surface area is 100 Å². The monoisotopic (exact) mass is 260 g/mol. The van der Waals surface area contributed by atoms with Crippen LogP contribution in [0, 0.1) is 6.92 Å². The van der Waals surface area contributed by atoms with E-state index in [0.29, 0.717) is 5.13 Å². The summed E-state index contributed by atoms with van der Waals surface area (Å²) in [5, 5.41) is 3.23. The van der Waals surface area contributed by atoms with Gasteiger partial charge in [-0.3, -0.25) is 0 Å². The summed E-state index contributed by atoms with van der Waals surface area (Å²) >= 11 is 1.37. The van der Waals surface area contributed by atoms with Crippen LogP contribution < -0.4 is 5.32 Å². The molecule has 2 rings (SSSR count). The van der Waals surface area contributed by atoms with Crippen molar-refractivity contribution >= 4 is 26.7 Å². The lowest BCUT2D eigenvalue weighted by Crippen LogP contribution is -2.14. The molecule has 0 aliphatic carbocycles. The second-order valence-corrected chi connectivity index (χ2v) is 4.81. The van der Waals surface area contributed by atoms with Crippen molar-refractivity contribution in [1.82, 2.24) is 4.98 Å². The molecule has 0 atom stereocenters. The number of rotatable bonds is 3. The van der Waals surface area contributed by atoms with Gasteiger partial charge in [-0.1, -0.05) is 17.4 Å². The van der Waals surface area contributed by atoms with Crippen LogP contribution in [0.3, 0.4) is 0 Å². The molecule has 0 spiro atoms. The molecule has 0 radical (unpaired) electrons. The summed E-state index contributed by atoms with van der Waals surface area (Å²) in [4.78, 5) is 4.21. The molecule has 92 valence electrons. The molecule has 0 saturated carbocycles. The number of nitrogens with one attached hydrogen (secondary N) is 1. The Morgan fingerprint density at radius 3 is 2.82 bits per heavy atom. The molecule has 0 fully saturated rings. The predicted octanol–water partition coefficient (Wildman–Crippen LogP) is 3.97. The molecule has 0 saturated heterocycles. The Morgan fingerprint density at radius 2 is 2.12 bits per heavy atom. The van der Waals surface area contributed by atoms with Gasteiger partial charge in [-0.15, -0.1) is 0 Å². The zero-order valence-corrected chi connectivity index (χ0v) is 9.95. The summed E-state index contributed by atoms with van der Waals surface area (Å²) in [6.07, 6.45) is -4.97. The minimum Gasteiger partial charge on any atom is -0.361 e. The third-order valence-electron chi connectivity index (χ3n) is 2.23. The Bertz CT molecular complexity index is 519. The van der Waals surface area contributed by atoms with Gasteiger partial charge in [0.15, 0.2) is 5.13 Å². The van der Waals surface area contributed by atoms with Gasteiger partial charge in [0.25, 0.3) is 0 Å². The van der Waals surface area contributed by atoms with Crippen molar-refractivity contribution in [2.24, 2.45) is 0 Å². The molecule has 1 aromatic heterocycles. The van der Waals surface area contributed by atoms with Crippen LogP contribution in [0.15, 0.2) is 18.2 Å². The van der Waals surface area contributed by atoms with Crippen molar-refractivity contribution in [2.45, 2.75) is 19.5 Å². The van der Waals surface area contributed by atoms with Crippen molar-refractivity contribution in [3.05, 3.63) is 23.8 Å². The molecule has 0 bridgehead atoms. The number of aromatic nitrogens is 1. The normalized spacial score (nSPS) is 12.0. The van der Waals surface area contributed by atoms with Gasteiger partial charge in [0, 0.05) is 6.54 Å². The molecular formula is C11H11F3N2S. The Balaban J connectivity index is 2.05. The highest BCUT2D eigenvalue weighted by molar-refractivity contribution is 7.22. The first-order valence-electron chi connectivity index (χ1n) is 5.12. The quantitative estimate of drug-likeness (QED) is 0.903. The Kier molecular flexibility index (Phi) is 3.24. The predicted molar refractivity (Wildman–Crippen MR) is 63.5 cm³/mol. The number of nitrogens with zero attached hydrogens (tertiary/aromatic N) is 1. The van der Waals surface area contributed by atoms with Crippen LogP contribution in [0.5, 0.6) is 0 Å². The largest absolute Gasteiger partial charge is 0.390 e. The van der Waals surface area contributed by atoms with Crippen LogP contribution in [0.1, 0.15) is 12.0 Å². The van der Waals surface area contributed by atoms with Gasteiger partial charge < -0.3 is 5.32 Å². The van der Waals surface area contributed by atoms with Crippen molar-refractivity contribution < 1.29 is 13.2 Å². The maximum Gasteiger partial charge on any atom is 0.390 e. The third kappa shape index (κ3) is 3.33. The van der Waals surface area contributed by atoms with Crippen LogP contribution >= 0.6 is 11.3 Å². The fourth-order valence-corrected chi connectivity index (χ4v) is 2.41. The van der Waals surface area contributed by atoms with Crippen LogP contribution in [0.4, 0.5) is 18.3 Å². The van der Waals surface area contributed by atoms with Gasteiger partial charge in [-0.25, -0.2) is 4.98 Å². The van der Waals surface area contributed by atoms with Gasteiger partial charge >= 0.3 is 6.18 Å². The van der Waals surface area contributed by atoms with Crippen LogP contribution in [-0.4, -0.2) is 17.7 Å². The fraction of sp³-hybridized carbons (Fsp3) is 0.364. The highest BCUT2D eigenvalue weighted by Crippen LogP contribution is 2.27. The molecular weight excluding hydrogens is 249 g/mol. The zero-order chi connectivity index (χ0) is 12.5. The maximum atomic E-state index is 12.0. The maximum absolute atomic E-state index is 12.0. The van der Waals surface area contributed by atoms with Crippen molar-refractivity contribution in [3.63, 3.8) is 0 Å². The van der Waals surface area contributed by atoms with Crippen LogP contribution in [0.25, 0.3) is 10.2 Å². The van der Waals surface area contributed by atoms with Crippen molar-refractivity contribution in [3.8, 4) is 0 Å². The van der Waals surface area contributed by atoms with Crippen LogP contribution in [-0.2, 0) is 0 Å². The van der Waals surface area contributed by atoms with Crippen molar-refractivity contribution in [2.75, 3.05) is 11.9 Å². The number of hydrogen-bond donors (Lipinski definition) is 1. The van der Waals surface area contributed by atoms with E-state index in [4.69, 9.17) is 0 Å². The summed E-state index contributed by atoms with van der Waals surface area (Å²) in [6, 6.07) is 5.78. The third-order valence-corrected chi connectivity index (χ3v) is 3.20. The summed E-state index contributed by atoms with van der Waals surface area (Å²) in [6.45, 7) is 1.83. The van der Waals surface area contributed by atoms with E-state index in [2.05, 4.69) is 10.3 Å². The van der Waals surface area contributed by atoms with Gasteiger partial charge in [-0.2, -0.15) is 13.2 Å². The second kappa shape index (κ2) is 4.52. The zero-order valence-electron chi connectivity index (χ0n) is 9.14. The van der Waals surface area contributed by atoms with E-state index in [1.807, 2.05) is 25.1 Å². The van der Waals surface area contributed by atoms with E-state index >= 15 is 0 Å². The first-order valence-corrected chi connectivity index (χ1v) is 5.93. The average Bonchev–Trinajstić information content (AvgIpc) is 2.57. The second-order valence-electron chi connectivity index (χ2n) is 3.78. The standard InChI is InChI=1S/C11H11F3N2S/c1-7-2-3-8-9(6-7)17-10(16-8)15-5-4-11(12,13)14/h2-3,6H,4-5H2,1H3,(H,15,16). The van der Waals surface area contributed by atoms with Crippen LogP contribution in [0.2, 0.25) is 0 Å². The highest BCUT2D eigenvalue weighted by atomic mass is 32.1. The number of halogens is 3. The number of hydrogen-bond acceptors (Lipinski definition) is 3. The average molecular weight is 260 g/mol. The highest BCUT2D eigenvalue weighted by Gasteiger charge is 2.26. The molecule has 0 aliphatic rings. The van der Waals surface area contributed by atoms with E-state index < -0.39 is 12.6 Å². The van der Waals surface area contributed by atoms with E-state index in [9.17, 15) is 13.2 Å². The summed E-state index contributed by atoms with van der Waals surface area (Å²) in [7, 11) is 0. The number of alkyl halides is 3. The first-order chi connectivity index (χ1) is 7.94. The lowest BCUT2D eigenvalue weighted by atomic mass is 10.2. The van der Waals surface area contributed by atoms with E-state index in [0.717, 1.165) is 15.8 Å². The van der Waals surface area contributed by atoms with E-state index in [1.165, 1.54) is 11.3 Å². The molecule has 6 heteroatoms. The molecule has 0 amide bonds. The Morgan fingerprint density at radius 1 is 1.35 bits per heavy atom. The number of benzene rings is 1. The molecule has 1 aromatic carbocycles. The van der Waals surface area contributed by atoms with Crippen molar-refractivity contribution in [1.29, 1.82) is 0 Å². The molecule has 17 heavy (non-hydrogen) atoms. The number of aryl methyl sites for hydroxylation is 1. The SMILES string of the molecule is Cc1ccc2nc(NCCC(F)(F)F)sc2c1. The molecule has 2 aromatic rings. The fourth-order valence-electron chi connectivity index (χ4n) is 1.42. The minimum absolute atomic E-state index is 0.137. The van der Waals surface area contributed by atoms with Gasteiger partial charge in [0.05, 0.1) is 16.6 Å². The first kappa shape index (κ1) is 12.2. The van der Waals surface area contributed by atoms with Gasteiger partial charge in [0.1, 0.15) is 0 Å². The number of fused-ring (bicyclic) bond motifs is 1. The lowest BCUT2D eigenvalue weighted by molar-refractivity contribution is -0.131. The molecule has 0 unspecified atom stereocenters. The van der Waals surface area contributed by atoms with Gasteiger partial charge in [0.2, 0.25) is 0 Å². The molecule has 0 aliphatic heterocycles. The molecule has 1 N–H and O–H groups in total. The number of anilines is 1. The van der Waals surface area contributed by atoms with E-state index in [1.54, 1.807) is 0 Å². The summed E-state index contributed by atoms with van der Waals surface area (Å²) < 4.78 is 36.9. The number of thiazole rings is 1. The Hall–Kier alpha value is -1.30. The van der Waals surface area contributed by atoms with E-state index in [-0.39, 0.29) is 6.54 Å². The van der Waals surface area contributed by atoms with Gasteiger partial charge in [-0.05, 0) is 24.6 Å². The summed E-state index contributed by atoms with van der Waals surface area (Å²) in [5.74, 6) is 0. The molecule has 2 nitrogen and oxygen atoms in total.